The summed E-state index contributed by atoms with van der Waals surface area (Å²) < 4.78 is 31.6. The Morgan fingerprint density at radius 2 is 1.86 bits per heavy atom. The molecule has 0 spiro atoms. The lowest BCUT2D eigenvalue weighted by atomic mass is 10.00. The topological polar surface area (TPSA) is 75.7 Å². The molecular weight excluding hydrogens is 388 g/mol. The van der Waals surface area contributed by atoms with Gasteiger partial charge in [-0.05, 0) is 50.5 Å². The van der Waals surface area contributed by atoms with Gasteiger partial charge in [0.25, 0.3) is 0 Å². The predicted octanol–water partition coefficient (Wildman–Crippen LogP) is 3.73. The fourth-order valence-electron chi connectivity index (χ4n) is 3.51. The molecule has 158 valence electrons. The number of nitrogens with zero attached hydrogens (tertiary/aromatic N) is 1. The van der Waals surface area contributed by atoms with E-state index in [1.54, 1.807) is 31.2 Å². The first-order valence-electron chi connectivity index (χ1n) is 9.59. The van der Waals surface area contributed by atoms with Crippen LogP contribution >= 0.6 is 0 Å². The van der Waals surface area contributed by atoms with E-state index in [4.69, 9.17) is 4.74 Å². The molecule has 0 saturated heterocycles. The van der Waals surface area contributed by atoms with Gasteiger partial charge in [0.05, 0.1) is 25.1 Å². The molecule has 0 unspecified atom stereocenters. The first-order chi connectivity index (χ1) is 13.6. The highest BCUT2D eigenvalue weighted by atomic mass is 32.2. The van der Waals surface area contributed by atoms with Crippen molar-refractivity contribution in [2.45, 2.75) is 46.2 Å². The first kappa shape index (κ1) is 22.7. The average Bonchev–Trinajstić information content (AvgIpc) is 2.64. The Bertz CT molecular complexity index is 973. The highest BCUT2D eigenvalue weighted by molar-refractivity contribution is 7.92. The Hall–Kier alpha value is -2.54. The van der Waals surface area contributed by atoms with Crippen molar-refractivity contribution in [2.24, 2.45) is 0 Å². The van der Waals surface area contributed by atoms with Gasteiger partial charge in [-0.1, -0.05) is 36.8 Å². The minimum atomic E-state index is -3.70. The van der Waals surface area contributed by atoms with Crippen molar-refractivity contribution in [3.8, 4) is 5.75 Å². The van der Waals surface area contributed by atoms with E-state index in [0.29, 0.717) is 17.9 Å². The summed E-state index contributed by atoms with van der Waals surface area (Å²) in [7, 11) is -2.18. The Morgan fingerprint density at radius 3 is 2.41 bits per heavy atom. The average molecular weight is 419 g/mol. The van der Waals surface area contributed by atoms with E-state index in [9.17, 15) is 13.2 Å². The molecule has 0 bridgehead atoms. The van der Waals surface area contributed by atoms with Gasteiger partial charge in [-0.15, -0.1) is 0 Å². The fraction of sp³-hybridized carbons (Fsp3) is 0.409. The number of ether oxygens (including phenoxy) is 1. The lowest BCUT2D eigenvalue weighted by Gasteiger charge is -2.31. The second-order valence-corrected chi connectivity index (χ2v) is 9.13. The third-order valence-electron chi connectivity index (χ3n) is 4.89. The number of methoxy groups -OCH3 is 1. The van der Waals surface area contributed by atoms with Crippen molar-refractivity contribution in [1.29, 1.82) is 0 Å². The van der Waals surface area contributed by atoms with Gasteiger partial charge in [-0.25, -0.2) is 8.42 Å². The summed E-state index contributed by atoms with van der Waals surface area (Å²) in [5.41, 5.74) is 3.63. The number of hydrogen-bond acceptors (Lipinski definition) is 4. The van der Waals surface area contributed by atoms with Crippen LogP contribution in [0.15, 0.2) is 42.5 Å². The normalized spacial score (nSPS) is 13.4. The molecule has 1 N–H and O–H groups in total. The third kappa shape index (κ3) is 5.50. The van der Waals surface area contributed by atoms with Gasteiger partial charge >= 0.3 is 0 Å². The number of nitrogens with one attached hydrogen (secondary N) is 1. The molecule has 0 heterocycles. The zero-order valence-electron chi connectivity index (χ0n) is 17.9. The number of anilines is 1. The number of aryl methyl sites for hydroxylation is 2. The summed E-state index contributed by atoms with van der Waals surface area (Å²) >= 11 is 0. The van der Waals surface area contributed by atoms with Crippen molar-refractivity contribution in [1.82, 2.24) is 5.32 Å². The van der Waals surface area contributed by atoms with Crippen LogP contribution in [-0.2, 0) is 14.8 Å². The number of carbonyl (C=O) groups excluding carboxylic acids is 1. The van der Waals surface area contributed by atoms with Crippen molar-refractivity contribution in [3.05, 3.63) is 59.2 Å². The van der Waals surface area contributed by atoms with Gasteiger partial charge in [0.2, 0.25) is 15.9 Å². The molecule has 2 aromatic rings. The molecule has 2 rings (SSSR count). The summed E-state index contributed by atoms with van der Waals surface area (Å²) in [6.45, 7) is 7.72. The van der Waals surface area contributed by atoms with Crippen LogP contribution in [0.2, 0.25) is 0 Å². The molecule has 2 aromatic carbocycles. The Morgan fingerprint density at radius 1 is 1.17 bits per heavy atom. The van der Waals surface area contributed by atoms with Crippen molar-refractivity contribution in [2.75, 3.05) is 17.7 Å². The van der Waals surface area contributed by atoms with Crippen LogP contribution in [0.5, 0.6) is 5.75 Å². The van der Waals surface area contributed by atoms with E-state index in [1.165, 1.54) is 11.4 Å². The minimum absolute atomic E-state index is 0.246. The standard InChI is InChI=1S/C22H30N2O4S/c1-7-21(22(25)23-17(4)20-12-11-15(2)13-16(20)3)24(29(6,26)27)18-9-8-10-19(14-18)28-5/h8-14,17,21H,7H2,1-6H3,(H,23,25)/t17-,21-/m1/s1. The molecule has 7 heteroatoms. The van der Waals surface area contributed by atoms with Gasteiger partial charge in [0.1, 0.15) is 11.8 Å². The highest BCUT2D eigenvalue weighted by Crippen LogP contribution is 2.27. The van der Waals surface area contributed by atoms with E-state index >= 15 is 0 Å². The highest BCUT2D eigenvalue weighted by Gasteiger charge is 2.32. The number of benzene rings is 2. The molecule has 1 amide bonds. The number of rotatable bonds is 8. The maximum absolute atomic E-state index is 13.1. The first-order valence-corrected chi connectivity index (χ1v) is 11.4. The second-order valence-electron chi connectivity index (χ2n) is 7.27. The summed E-state index contributed by atoms with van der Waals surface area (Å²) in [5, 5.41) is 2.98. The lowest BCUT2D eigenvalue weighted by molar-refractivity contribution is -0.122. The van der Waals surface area contributed by atoms with Crippen molar-refractivity contribution < 1.29 is 17.9 Å². The van der Waals surface area contributed by atoms with Crippen LogP contribution in [0.4, 0.5) is 5.69 Å². The number of amides is 1. The Labute approximate surface area is 173 Å². The molecule has 0 aliphatic heterocycles. The fourth-order valence-corrected chi connectivity index (χ4v) is 4.71. The van der Waals surface area contributed by atoms with E-state index in [-0.39, 0.29) is 11.9 Å². The lowest BCUT2D eigenvalue weighted by Crippen LogP contribution is -2.49. The van der Waals surface area contributed by atoms with Crippen LogP contribution in [0.25, 0.3) is 0 Å². The zero-order valence-corrected chi connectivity index (χ0v) is 18.7. The predicted molar refractivity (Wildman–Crippen MR) is 117 cm³/mol. The van der Waals surface area contributed by atoms with Gasteiger partial charge in [0.15, 0.2) is 0 Å². The van der Waals surface area contributed by atoms with Crippen molar-refractivity contribution >= 4 is 21.6 Å². The van der Waals surface area contributed by atoms with E-state index in [0.717, 1.165) is 22.9 Å². The molecule has 0 saturated carbocycles. The zero-order chi connectivity index (χ0) is 21.8. The molecule has 0 aliphatic rings. The SMILES string of the molecule is CC[C@H](C(=O)N[C@H](C)c1ccc(C)cc1C)N(c1cccc(OC)c1)S(C)(=O)=O. The Kier molecular flexibility index (Phi) is 7.30. The maximum atomic E-state index is 13.1. The van der Waals surface area contributed by atoms with Gasteiger partial charge in [-0.2, -0.15) is 0 Å². The quantitative estimate of drug-likeness (QED) is 0.709. The second kappa shape index (κ2) is 9.31. The number of sulfonamides is 1. The van der Waals surface area contributed by atoms with Gasteiger partial charge in [-0.3, -0.25) is 9.10 Å². The van der Waals surface area contributed by atoms with Crippen LogP contribution in [0.1, 0.15) is 43.0 Å². The molecular formula is C22H30N2O4S. The molecule has 0 fully saturated rings. The third-order valence-corrected chi connectivity index (χ3v) is 6.07. The van der Waals surface area contributed by atoms with E-state index in [2.05, 4.69) is 11.4 Å². The summed E-state index contributed by atoms with van der Waals surface area (Å²) in [5.74, 6) is 0.184. The summed E-state index contributed by atoms with van der Waals surface area (Å²) in [6, 6.07) is 11.7. The molecule has 0 aromatic heterocycles. The van der Waals surface area contributed by atoms with Gasteiger partial charge in [0, 0.05) is 6.07 Å². The van der Waals surface area contributed by atoms with E-state index in [1.807, 2.05) is 32.9 Å². The smallest absolute Gasteiger partial charge is 0.244 e. The van der Waals surface area contributed by atoms with Crippen LogP contribution in [-0.4, -0.2) is 33.7 Å². The molecule has 2 atom stereocenters. The monoisotopic (exact) mass is 418 g/mol. The summed E-state index contributed by atoms with van der Waals surface area (Å²) in [6.07, 6.45) is 1.44. The van der Waals surface area contributed by atoms with Crippen molar-refractivity contribution in [3.63, 3.8) is 0 Å². The van der Waals surface area contributed by atoms with Crippen LogP contribution < -0.4 is 14.4 Å². The molecule has 6 nitrogen and oxygen atoms in total. The summed E-state index contributed by atoms with van der Waals surface area (Å²) in [4.78, 5) is 13.1. The minimum Gasteiger partial charge on any atom is -0.497 e. The van der Waals surface area contributed by atoms with Crippen LogP contribution in [0, 0.1) is 13.8 Å². The van der Waals surface area contributed by atoms with Crippen LogP contribution in [0.3, 0.4) is 0 Å². The van der Waals surface area contributed by atoms with Gasteiger partial charge < -0.3 is 10.1 Å². The Balaban J connectivity index is 2.35. The largest absolute Gasteiger partial charge is 0.497 e. The molecule has 0 radical (unpaired) electrons. The number of carbonyl (C=O) groups is 1. The number of hydrogen-bond donors (Lipinski definition) is 1. The maximum Gasteiger partial charge on any atom is 0.244 e. The molecule has 29 heavy (non-hydrogen) atoms. The van der Waals surface area contributed by atoms with E-state index < -0.39 is 16.1 Å². The molecule has 0 aliphatic carbocycles.